The lowest BCUT2D eigenvalue weighted by Gasteiger charge is -2.36. The van der Waals surface area contributed by atoms with Gasteiger partial charge in [-0.3, -0.25) is 9.78 Å². The molecule has 7 nitrogen and oxygen atoms in total. The topological polar surface area (TPSA) is 73.8 Å². The van der Waals surface area contributed by atoms with E-state index < -0.39 is 10.2 Å². The van der Waals surface area contributed by atoms with Crippen molar-refractivity contribution in [2.45, 2.75) is 20.8 Å². The Morgan fingerprint density at radius 3 is 2.37 bits per heavy atom. The third-order valence-corrected chi connectivity index (χ3v) is 7.15. The fourth-order valence-electron chi connectivity index (χ4n) is 3.49. The van der Waals surface area contributed by atoms with Crippen molar-refractivity contribution in [1.82, 2.24) is 18.5 Å². The molecule has 27 heavy (non-hydrogen) atoms. The predicted octanol–water partition coefficient (Wildman–Crippen LogP) is 1.89. The number of benzene rings is 1. The Morgan fingerprint density at radius 2 is 1.74 bits per heavy atom. The van der Waals surface area contributed by atoms with E-state index in [1.807, 2.05) is 51.1 Å². The Bertz CT molecular complexity index is 933. The Hall–Kier alpha value is -2.03. The maximum Gasteiger partial charge on any atom is 0.282 e. The molecule has 1 fully saturated rings. The van der Waals surface area contributed by atoms with Gasteiger partial charge < -0.3 is 4.90 Å². The van der Waals surface area contributed by atoms with Crippen molar-refractivity contribution < 1.29 is 13.2 Å². The molecule has 1 saturated heterocycles. The standard InChI is InChI=1S/C19H26N4O3S/c1-4-22(5-2)27(25,26)23-12-10-21(11-13-23)19(24)17-14-15(3)20-18-9-7-6-8-16(17)18/h6-9,14H,4-5,10-13H2,1-3H3. The van der Waals surface area contributed by atoms with Crippen molar-refractivity contribution in [3.63, 3.8) is 0 Å². The number of para-hydroxylation sites is 1. The van der Waals surface area contributed by atoms with Crippen molar-refractivity contribution in [3.8, 4) is 0 Å². The molecule has 1 aliphatic rings. The molecule has 0 unspecified atom stereocenters. The Morgan fingerprint density at radius 1 is 1.11 bits per heavy atom. The molecule has 3 rings (SSSR count). The lowest BCUT2D eigenvalue weighted by atomic mass is 10.1. The predicted molar refractivity (Wildman–Crippen MR) is 106 cm³/mol. The second-order valence-electron chi connectivity index (χ2n) is 6.61. The number of piperazine rings is 1. The third kappa shape index (κ3) is 3.83. The first kappa shape index (κ1) is 19.7. The van der Waals surface area contributed by atoms with Crippen LogP contribution in [-0.4, -0.2) is 72.1 Å². The molecule has 0 radical (unpaired) electrons. The number of aryl methyl sites for hydroxylation is 1. The molecule has 146 valence electrons. The highest BCUT2D eigenvalue weighted by Gasteiger charge is 2.32. The first-order valence-corrected chi connectivity index (χ1v) is 10.7. The molecule has 1 aromatic heterocycles. The molecule has 2 aromatic rings. The van der Waals surface area contributed by atoms with Crippen molar-refractivity contribution in [3.05, 3.63) is 41.6 Å². The molecule has 1 amide bonds. The van der Waals surface area contributed by atoms with Crippen LogP contribution in [0.3, 0.4) is 0 Å². The summed E-state index contributed by atoms with van der Waals surface area (Å²) in [5.41, 5.74) is 2.21. The number of hydrogen-bond donors (Lipinski definition) is 0. The first-order valence-electron chi connectivity index (χ1n) is 9.29. The molecule has 1 aromatic carbocycles. The number of amides is 1. The highest BCUT2D eigenvalue weighted by molar-refractivity contribution is 7.86. The summed E-state index contributed by atoms with van der Waals surface area (Å²) in [6.07, 6.45) is 0. The molecule has 1 aliphatic heterocycles. The van der Waals surface area contributed by atoms with E-state index in [9.17, 15) is 13.2 Å². The molecule has 0 atom stereocenters. The molecule has 0 spiro atoms. The molecule has 0 N–H and O–H groups in total. The minimum Gasteiger partial charge on any atom is -0.336 e. The second-order valence-corrected chi connectivity index (χ2v) is 8.54. The van der Waals surface area contributed by atoms with Crippen LogP contribution in [0.2, 0.25) is 0 Å². The van der Waals surface area contributed by atoms with E-state index in [1.54, 1.807) is 4.90 Å². The molecule has 0 bridgehead atoms. The molecular weight excluding hydrogens is 364 g/mol. The van der Waals surface area contributed by atoms with Gasteiger partial charge >= 0.3 is 0 Å². The van der Waals surface area contributed by atoms with Gasteiger partial charge in [0.05, 0.1) is 11.1 Å². The smallest absolute Gasteiger partial charge is 0.282 e. The van der Waals surface area contributed by atoms with E-state index in [4.69, 9.17) is 0 Å². The van der Waals surface area contributed by atoms with E-state index in [1.165, 1.54) is 8.61 Å². The Kier molecular flexibility index (Phi) is 5.78. The fourth-order valence-corrected chi connectivity index (χ4v) is 5.09. The molecular formula is C19H26N4O3S. The van der Waals surface area contributed by atoms with Crippen LogP contribution in [0.4, 0.5) is 0 Å². The largest absolute Gasteiger partial charge is 0.336 e. The lowest BCUT2D eigenvalue weighted by Crippen LogP contribution is -2.54. The zero-order valence-corrected chi connectivity index (χ0v) is 16.9. The second kappa shape index (κ2) is 7.92. The summed E-state index contributed by atoms with van der Waals surface area (Å²) in [6, 6.07) is 9.40. The quantitative estimate of drug-likeness (QED) is 0.781. The maximum absolute atomic E-state index is 13.1. The summed E-state index contributed by atoms with van der Waals surface area (Å²) in [5.74, 6) is -0.0726. The summed E-state index contributed by atoms with van der Waals surface area (Å²) in [6.45, 7) is 7.82. The van der Waals surface area contributed by atoms with Gasteiger partial charge in [-0.05, 0) is 19.1 Å². The fraction of sp³-hybridized carbons (Fsp3) is 0.474. The lowest BCUT2D eigenvalue weighted by molar-refractivity contribution is 0.0696. The van der Waals surface area contributed by atoms with Crippen LogP contribution in [-0.2, 0) is 10.2 Å². The summed E-state index contributed by atoms with van der Waals surface area (Å²) in [7, 11) is -3.46. The van der Waals surface area contributed by atoms with E-state index in [0.717, 1.165) is 16.6 Å². The molecule has 8 heteroatoms. The average Bonchev–Trinajstić information content (AvgIpc) is 2.67. The van der Waals surface area contributed by atoms with E-state index >= 15 is 0 Å². The average molecular weight is 391 g/mol. The van der Waals surface area contributed by atoms with Crippen molar-refractivity contribution in [1.29, 1.82) is 0 Å². The zero-order valence-electron chi connectivity index (χ0n) is 16.1. The highest BCUT2D eigenvalue weighted by Crippen LogP contribution is 2.21. The van der Waals surface area contributed by atoms with E-state index in [-0.39, 0.29) is 5.91 Å². The van der Waals surface area contributed by atoms with Crippen LogP contribution in [0.15, 0.2) is 30.3 Å². The van der Waals surface area contributed by atoms with Crippen LogP contribution >= 0.6 is 0 Å². The van der Waals surface area contributed by atoms with Crippen molar-refractivity contribution in [2.24, 2.45) is 0 Å². The van der Waals surface area contributed by atoms with Gasteiger partial charge in [0.15, 0.2) is 0 Å². The molecule has 2 heterocycles. The van der Waals surface area contributed by atoms with Crippen LogP contribution in [0, 0.1) is 6.92 Å². The minimum absolute atomic E-state index is 0.0726. The highest BCUT2D eigenvalue weighted by atomic mass is 32.2. The Labute approximate surface area is 160 Å². The van der Waals surface area contributed by atoms with E-state index in [2.05, 4.69) is 4.98 Å². The number of aromatic nitrogens is 1. The third-order valence-electron chi connectivity index (χ3n) is 4.96. The van der Waals surface area contributed by atoms with Gasteiger partial charge in [0.25, 0.3) is 16.1 Å². The summed E-state index contributed by atoms with van der Waals surface area (Å²) in [5, 5.41) is 0.825. The zero-order chi connectivity index (χ0) is 19.6. The van der Waals surface area contributed by atoms with Crippen LogP contribution < -0.4 is 0 Å². The van der Waals surface area contributed by atoms with Gasteiger partial charge in [-0.15, -0.1) is 0 Å². The number of hydrogen-bond acceptors (Lipinski definition) is 4. The van der Waals surface area contributed by atoms with Gasteiger partial charge in [0.2, 0.25) is 0 Å². The normalized spacial score (nSPS) is 16.2. The van der Waals surface area contributed by atoms with Crippen LogP contribution in [0.1, 0.15) is 29.9 Å². The van der Waals surface area contributed by atoms with E-state index in [0.29, 0.717) is 44.8 Å². The van der Waals surface area contributed by atoms with Crippen molar-refractivity contribution in [2.75, 3.05) is 39.3 Å². The summed E-state index contributed by atoms with van der Waals surface area (Å²) < 4.78 is 28.2. The summed E-state index contributed by atoms with van der Waals surface area (Å²) in [4.78, 5) is 19.3. The number of carbonyl (C=O) groups is 1. The first-order chi connectivity index (χ1) is 12.9. The SMILES string of the molecule is CCN(CC)S(=O)(=O)N1CCN(C(=O)c2cc(C)nc3ccccc23)CC1. The van der Waals surface area contributed by atoms with Gasteiger partial charge in [0.1, 0.15) is 0 Å². The van der Waals surface area contributed by atoms with Gasteiger partial charge in [-0.2, -0.15) is 17.0 Å². The van der Waals surface area contributed by atoms with Gasteiger partial charge in [0, 0.05) is 50.3 Å². The number of nitrogens with zero attached hydrogens (tertiary/aromatic N) is 4. The van der Waals surface area contributed by atoms with Crippen LogP contribution in [0.25, 0.3) is 10.9 Å². The number of carbonyl (C=O) groups excluding carboxylic acids is 1. The molecule has 0 saturated carbocycles. The number of pyridine rings is 1. The number of rotatable bonds is 5. The minimum atomic E-state index is -3.46. The van der Waals surface area contributed by atoms with Crippen molar-refractivity contribution >= 4 is 27.0 Å². The van der Waals surface area contributed by atoms with Gasteiger partial charge in [-0.25, -0.2) is 0 Å². The number of fused-ring (bicyclic) bond motifs is 1. The summed E-state index contributed by atoms with van der Waals surface area (Å²) >= 11 is 0. The Balaban J connectivity index is 1.78. The van der Waals surface area contributed by atoms with Gasteiger partial charge in [-0.1, -0.05) is 32.0 Å². The molecule has 0 aliphatic carbocycles. The van der Waals surface area contributed by atoms with Crippen LogP contribution in [0.5, 0.6) is 0 Å². The monoisotopic (exact) mass is 390 g/mol. The maximum atomic E-state index is 13.1.